The smallest absolute Gasteiger partial charge is 0.220 e. The normalized spacial score (nSPS) is 15.7. The van der Waals surface area contributed by atoms with E-state index in [-0.39, 0.29) is 5.91 Å². The average molecular weight is 321 g/mol. The molecule has 0 radical (unpaired) electrons. The van der Waals surface area contributed by atoms with E-state index < -0.39 is 0 Å². The number of hydrogen-bond donors (Lipinski definition) is 2. The molecule has 0 atom stereocenters. The number of amides is 1. The van der Waals surface area contributed by atoms with Crippen LogP contribution < -0.4 is 10.6 Å². The van der Waals surface area contributed by atoms with Crippen LogP contribution in [-0.2, 0) is 4.79 Å². The Morgan fingerprint density at radius 1 is 1.27 bits per heavy atom. The first-order chi connectivity index (χ1) is 10.6. The first-order valence-electron chi connectivity index (χ1n) is 8.05. The Morgan fingerprint density at radius 3 is 2.77 bits per heavy atom. The number of benzene rings is 1. The van der Waals surface area contributed by atoms with E-state index >= 15 is 0 Å². The lowest BCUT2D eigenvalue weighted by Crippen LogP contribution is -2.46. The van der Waals surface area contributed by atoms with Gasteiger partial charge in [0.05, 0.1) is 0 Å². The third kappa shape index (κ3) is 5.99. The summed E-state index contributed by atoms with van der Waals surface area (Å²) in [6.07, 6.45) is 0.582. The van der Waals surface area contributed by atoms with E-state index in [1.165, 1.54) is 16.0 Å². The summed E-state index contributed by atoms with van der Waals surface area (Å²) in [6, 6.07) is 6.48. The Balaban J connectivity index is 1.58. The standard InChI is InChI=1S/C17H27N3OS/c1-14-3-4-16(13-15(14)2)22-12-5-17(21)19-8-11-20-9-6-18-7-10-20/h3-4,13,18H,5-12H2,1-2H3,(H,19,21). The Kier molecular flexibility index (Phi) is 7.22. The quantitative estimate of drug-likeness (QED) is 0.752. The Bertz CT molecular complexity index is 487. The molecule has 1 aromatic carbocycles. The van der Waals surface area contributed by atoms with E-state index in [1.807, 2.05) is 0 Å². The second-order valence-electron chi connectivity index (χ2n) is 5.79. The van der Waals surface area contributed by atoms with Crippen LogP contribution in [0.1, 0.15) is 17.5 Å². The van der Waals surface area contributed by atoms with E-state index in [0.717, 1.165) is 45.0 Å². The van der Waals surface area contributed by atoms with Gasteiger partial charge in [0.25, 0.3) is 0 Å². The number of piperazine rings is 1. The number of rotatable bonds is 7. The molecule has 1 aromatic rings. The number of aryl methyl sites for hydroxylation is 2. The maximum Gasteiger partial charge on any atom is 0.220 e. The van der Waals surface area contributed by atoms with Gasteiger partial charge < -0.3 is 10.6 Å². The highest BCUT2D eigenvalue weighted by atomic mass is 32.2. The summed E-state index contributed by atoms with van der Waals surface area (Å²) in [5.41, 5.74) is 2.63. The molecule has 1 saturated heterocycles. The zero-order valence-corrected chi connectivity index (χ0v) is 14.5. The SMILES string of the molecule is Cc1ccc(SCCC(=O)NCCN2CCNCC2)cc1C. The molecule has 0 spiro atoms. The van der Waals surface area contributed by atoms with Crippen molar-refractivity contribution in [2.24, 2.45) is 0 Å². The van der Waals surface area contributed by atoms with E-state index in [9.17, 15) is 4.79 Å². The second-order valence-corrected chi connectivity index (χ2v) is 6.95. The minimum atomic E-state index is 0.159. The average Bonchev–Trinajstić information content (AvgIpc) is 2.52. The van der Waals surface area contributed by atoms with Crippen molar-refractivity contribution in [3.63, 3.8) is 0 Å². The molecule has 22 heavy (non-hydrogen) atoms. The summed E-state index contributed by atoms with van der Waals surface area (Å²) in [7, 11) is 0. The number of thioether (sulfide) groups is 1. The number of carbonyl (C=O) groups is 1. The topological polar surface area (TPSA) is 44.4 Å². The van der Waals surface area contributed by atoms with E-state index in [2.05, 4.69) is 47.6 Å². The zero-order valence-electron chi connectivity index (χ0n) is 13.7. The highest BCUT2D eigenvalue weighted by molar-refractivity contribution is 7.99. The maximum atomic E-state index is 11.8. The summed E-state index contributed by atoms with van der Waals surface area (Å²) < 4.78 is 0. The predicted molar refractivity (Wildman–Crippen MR) is 93.6 cm³/mol. The Labute approximate surface area is 138 Å². The summed E-state index contributed by atoms with van der Waals surface area (Å²) in [4.78, 5) is 15.5. The van der Waals surface area contributed by atoms with Gasteiger partial charge in [0.1, 0.15) is 0 Å². The Hall–Kier alpha value is -1.04. The molecule has 4 nitrogen and oxygen atoms in total. The van der Waals surface area contributed by atoms with E-state index in [0.29, 0.717) is 6.42 Å². The van der Waals surface area contributed by atoms with Crippen molar-refractivity contribution in [3.05, 3.63) is 29.3 Å². The monoisotopic (exact) mass is 321 g/mol. The number of hydrogen-bond acceptors (Lipinski definition) is 4. The lowest BCUT2D eigenvalue weighted by molar-refractivity contribution is -0.120. The molecule has 5 heteroatoms. The fourth-order valence-corrected chi connectivity index (χ4v) is 3.39. The highest BCUT2D eigenvalue weighted by Gasteiger charge is 2.09. The molecule has 122 valence electrons. The molecule has 1 aliphatic heterocycles. The third-order valence-corrected chi connectivity index (χ3v) is 5.03. The van der Waals surface area contributed by atoms with Crippen LogP contribution in [-0.4, -0.2) is 55.8 Å². The predicted octanol–water partition coefficient (Wildman–Crippen LogP) is 1.81. The summed E-state index contributed by atoms with van der Waals surface area (Å²) in [5, 5.41) is 6.36. The molecule has 0 aromatic heterocycles. The number of nitrogens with one attached hydrogen (secondary N) is 2. The fourth-order valence-electron chi connectivity index (χ4n) is 2.44. The number of carbonyl (C=O) groups excluding carboxylic acids is 1. The van der Waals surface area contributed by atoms with Crippen LogP contribution in [0.5, 0.6) is 0 Å². The third-order valence-electron chi connectivity index (χ3n) is 4.04. The minimum absolute atomic E-state index is 0.159. The molecule has 0 unspecified atom stereocenters. The van der Waals surface area contributed by atoms with Crippen LogP contribution in [0.15, 0.2) is 23.1 Å². The first-order valence-corrected chi connectivity index (χ1v) is 9.03. The van der Waals surface area contributed by atoms with Gasteiger partial charge in [-0.2, -0.15) is 0 Å². The summed E-state index contributed by atoms with van der Waals surface area (Å²) >= 11 is 1.75. The van der Waals surface area contributed by atoms with Crippen molar-refractivity contribution >= 4 is 17.7 Å². The largest absolute Gasteiger partial charge is 0.355 e. The zero-order chi connectivity index (χ0) is 15.8. The van der Waals surface area contributed by atoms with Gasteiger partial charge in [-0.25, -0.2) is 0 Å². The molecule has 0 aliphatic carbocycles. The molecule has 2 rings (SSSR count). The van der Waals surface area contributed by atoms with Gasteiger partial charge in [-0.3, -0.25) is 9.69 Å². The maximum absolute atomic E-state index is 11.8. The minimum Gasteiger partial charge on any atom is -0.355 e. The Morgan fingerprint density at radius 2 is 2.05 bits per heavy atom. The van der Waals surface area contributed by atoms with Gasteiger partial charge in [-0.15, -0.1) is 11.8 Å². The van der Waals surface area contributed by atoms with Crippen molar-refractivity contribution in [1.29, 1.82) is 0 Å². The highest BCUT2D eigenvalue weighted by Crippen LogP contribution is 2.21. The van der Waals surface area contributed by atoms with Gasteiger partial charge in [0.15, 0.2) is 0 Å². The molecule has 1 aliphatic rings. The van der Waals surface area contributed by atoms with Crippen LogP contribution in [0, 0.1) is 13.8 Å². The van der Waals surface area contributed by atoms with Gasteiger partial charge in [-0.05, 0) is 37.1 Å². The van der Waals surface area contributed by atoms with E-state index in [4.69, 9.17) is 0 Å². The molecule has 0 bridgehead atoms. The summed E-state index contributed by atoms with van der Waals surface area (Å²) in [5.74, 6) is 0.994. The van der Waals surface area contributed by atoms with Gasteiger partial charge in [0, 0.05) is 56.3 Å². The van der Waals surface area contributed by atoms with Crippen molar-refractivity contribution in [2.75, 3.05) is 45.0 Å². The van der Waals surface area contributed by atoms with Crippen molar-refractivity contribution in [1.82, 2.24) is 15.5 Å². The lowest BCUT2D eigenvalue weighted by atomic mass is 10.1. The van der Waals surface area contributed by atoms with Gasteiger partial charge >= 0.3 is 0 Å². The van der Waals surface area contributed by atoms with Crippen LogP contribution in [0.25, 0.3) is 0 Å². The van der Waals surface area contributed by atoms with Crippen LogP contribution in [0.2, 0.25) is 0 Å². The molecule has 2 N–H and O–H groups in total. The fraction of sp³-hybridized carbons (Fsp3) is 0.588. The summed E-state index contributed by atoms with van der Waals surface area (Å²) in [6.45, 7) is 10.2. The van der Waals surface area contributed by atoms with Crippen LogP contribution >= 0.6 is 11.8 Å². The second kappa shape index (κ2) is 9.18. The molecular formula is C17H27N3OS. The van der Waals surface area contributed by atoms with Gasteiger partial charge in [-0.1, -0.05) is 6.07 Å². The van der Waals surface area contributed by atoms with Crippen LogP contribution in [0.3, 0.4) is 0 Å². The lowest BCUT2D eigenvalue weighted by Gasteiger charge is -2.27. The molecule has 1 amide bonds. The van der Waals surface area contributed by atoms with Crippen molar-refractivity contribution < 1.29 is 4.79 Å². The van der Waals surface area contributed by atoms with Crippen molar-refractivity contribution in [3.8, 4) is 0 Å². The number of nitrogens with zero attached hydrogens (tertiary/aromatic N) is 1. The van der Waals surface area contributed by atoms with Crippen LogP contribution in [0.4, 0.5) is 0 Å². The van der Waals surface area contributed by atoms with Crippen molar-refractivity contribution in [2.45, 2.75) is 25.2 Å². The molecule has 1 fully saturated rings. The van der Waals surface area contributed by atoms with Gasteiger partial charge in [0.2, 0.25) is 5.91 Å². The van der Waals surface area contributed by atoms with E-state index in [1.54, 1.807) is 11.8 Å². The molecule has 1 heterocycles. The molecular weight excluding hydrogens is 294 g/mol. The molecule has 0 saturated carbocycles. The first kappa shape index (κ1) is 17.3.